The fourth-order valence-corrected chi connectivity index (χ4v) is 3.22. The topological polar surface area (TPSA) is 67.9 Å². The van der Waals surface area contributed by atoms with Crippen LogP contribution in [0.5, 0.6) is 0 Å². The van der Waals surface area contributed by atoms with Crippen molar-refractivity contribution >= 4 is 46.9 Å². The van der Waals surface area contributed by atoms with Crippen molar-refractivity contribution in [3.05, 3.63) is 39.6 Å². The molecule has 0 aliphatic carbocycles. The van der Waals surface area contributed by atoms with Gasteiger partial charge < -0.3 is 10.6 Å². The number of benzene rings is 1. The molecule has 0 radical (unpaired) electrons. The number of thioether (sulfide) groups is 1. The van der Waals surface area contributed by atoms with Crippen LogP contribution in [0.4, 0.5) is 11.9 Å². The molecule has 1 aromatic carbocycles. The molecule has 2 rings (SSSR count). The summed E-state index contributed by atoms with van der Waals surface area (Å²) in [6, 6.07) is 5.48. The molecule has 0 unspecified atom stereocenters. The van der Waals surface area contributed by atoms with E-state index in [1.54, 1.807) is 16.7 Å². The van der Waals surface area contributed by atoms with Gasteiger partial charge in [0.05, 0.1) is 5.75 Å². The largest absolute Gasteiger partial charge is 0.368 e. The van der Waals surface area contributed by atoms with Gasteiger partial charge >= 0.3 is 0 Å². The number of nitrogens with zero attached hydrogens (tertiary/aromatic N) is 4. The number of hydrogen-bond acceptors (Lipinski definition) is 6. The van der Waals surface area contributed by atoms with Crippen molar-refractivity contribution < 1.29 is 0 Å². The van der Waals surface area contributed by atoms with Crippen LogP contribution in [0, 0.1) is 0 Å². The van der Waals surface area contributed by atoms with E-state index in [-0.39, 0.29) is 5.95 Å². The molecule has 112 valence electrons. The standard InChI is InChI=1S/C13H15Cl2N5S/c1-20(2)13-18-11(17-12(16)19-13)7-21-6-8-9(14)4-3-5-10(8)15/h3-5H,6-7H2,1-2H3,(H2,16,17,18,19). The first kappa shape index (κ1) is 16.1. The van der Waals surface area contributed by atoms with Gasteiger partial charge in [0, 0.05) is 29.9 Å². The highest BCUT2D eigenvalue weighted by molar-refractivity contribution is 7.97. The van der Waals surface area contributed by atoms with Crippen molar-refractivity contribution in [3.8, 4) is 0 Å². The van der Waals surface area contributed by atoms with Gasteiger partial charge in [0.2, 0.25) is 11.9 Å². The maximum Gasteiger partial charge on any atom is 0.229 e. The van der Waals surface area contributed by atoms with Gasteiger partial charge in [-0.2, -0.15) is 15.0 Å². The van der Waals surface area contributed by atoms with Crippen LogP contribution in [0.1, 0.15) is 11.4 Å². The van der Waals surface area contributed by atoms with E-state index in [0.717, 1.165) is 5.56 Å². The zero-order valence-corrected chi connectivity index (χ0v) is 14.0. The summed E-state index contributed by atoms with van der Waals surface area (Å²) < 4.78 is 0. The summed E-state index contributed by atoms with van der Waals surface area (Å²) in [5.41, 5.74) is 6.61. The van der Waals surface area contributed by atoms with E-state index >= 15 is 0 Å². The molecule has 1 heterocycles. The van der Waals surface area contributed by atoms with Gasteiger partial charge in [-0.25, -0.2) is 0 Å². The highest BCUT2D eigenvalue weighted by Gasteiger charge is 2.09. The maximum absolute atomic E-state index is 6.14. The van der Waals surface area contributed by atoms with Gasteiger partial charge in [-0.15, -0.1) is 11.8 Å². The second-order valence-corrected chi connectivity index (χ2v) is 6.30. The third-order valence-electron chi connectivity index (χ3n) is 2.63. The summed E-state index contributed by atoms with van der Waals surface area (Å²) >= 11 is 13.9. The van der Waals surface area contributed by atoms with E-state index in [2.05, 4.69) is 15.0 Å². The summed E-state index contributed by atoms with van der Waals surface area (Å²) in [5.74, 6) is 2.70. The summed E-state index contributed by atoms with van der Waals surface area (Å²) in [6.07, 6.45) is 0. The Bertz CT molecular complexity index is 616. The van der Waals surface area contributed by atoms with E-state index < -0.39 is 0 Å². The number of anilines is 2. The van der Waals surface area contributed by atoms with Crippen LogP contribution in [0.2, 0.25) is 10.0 Å². The minimum atomic E-state index is 0.222. The minimum Gasteiger partial charge on any atom is -0.368 e. The molecule has 0 aliphatic rings. The van der Waals surface area contributed by atoms with Crippen LogP contribution in [0.3, 0.4) is 0 Å². The summed E-state index contributed by atoms with van der Waals surface area (Å²) in [7, 11) is 3.71. The van der Waals surface area contributed by atoms with E-state index in [1.165, 1.54) is 0 Å². The molecule has 0 amide bonds. The Morgan fingerprint density at radius 2 is 1.76 bits per heavy atom. The van der Waals surface area contributed by atoms with E-state index in [0.29, 0.717) is 33.3 Å². The van der Waals surface area contributed by atoms with E-state index in [9.17, 15) is 0 Å². The van der Waals surface area contributed by atoms with Crippen LogP contribution in [0.25, 0.3) is 0 Å². The lowest BCUT2D eigenvalue weighted by molar-refractivity contribution is 0.919. The van der Waals surface area contributed by atoms with Gasteiger partial charge in [-0.05, 0) is 17.7 Å². The Balaban J connectivity index is 2.04. The molecule has 8 heteroatoms. The first-order chi connectivity index (χ1) is 9.97. The molecule has 0 spiro atoms. The smallest absolute Gasteiger partial charge is 0.229 e. The van der Waals surface area contributed by atoms with Crippen molar-refractivity contribution in [3.63, 3.8) is 0 Å². The quantitative estimate of drug-likeness (QED) is 0.898. The molecule has 0 atom stereocenters. The van der Waals surface area contributed by atoms with Gasteiger partial charge in [-0.3, -0.25) is 0 Å². The number of rotatable bonds is 5. The molecule has 2 aromatic rings. The predicted molar refractivity (Wildman–Crippen MR) is 90.0 cm³/mol. The first-order valence-electron chi connectivity index (χ1n) is 6.15. The Labute approximate surface area is 137 Å². The van der Waals surface area contributed by atoms with Crippen molar-refractivity contribution in [2.24, 2.45) is 0 Å². The first-order valence-corrected chi connectivity index (χ1v) is 8.07. The van der Waals surface area contributed by atoms with Crippen LogP contribution in [-0.4, -0.2) is 29.0 Å². The van der Waals surface area contributed by atoms with Crippen molar-refractivity contribution in [2.45, 2.75) is 11.5 Å². The van der Waals surface area contributed by atoms with E-state index in [1.807, 2.05) is 32.3 Å². The van der Waals surface area contributed by atoms with Crippen molar-refractivity contribution in [1.82, 2.24) is 15.0 Å². The molecule has 1 aromatic heterocycles. The molecule has 2 N–H and O–H groups in total. The third kappa shape index (κ3) is 4.36. The van der Waals surface area contributed by atoms with Gasteiger partial charge in [-0.1, -0.05) is 29.3 Å². The van der Waals surface area contributed by atoms with Gasteiger partial charge in [0.1, 0.15) is 5.82 Å². The molecular weight excluding hydrogens is 329 g/mol. The second kappa shape index (κ2) is 7.15. The molecule has 0 saturated heterocycles. The van der Waals surface area contributed by atoms with Crippen LogP contribution in [-0.2, 0) is 11.5 Å². The average molecular weight is 344 g/mol. The Morgan fingerprint density at radius 1 is 1.10 bits per heavy atom. The lowest BCUT2D eigenvalue weighted by Gasteiger charge is -2.11. The fourth-order valence-electron chi connectivity index (χ4n) is 1.60. The maximum atomic E-state index is 6.14. The normalized spacial score (nSPS) is 10.7. The van der Waals surface area contributed by atoms with E-state index in [4.69, 9.17) is 28.9 Å². The van der Waals surface area contributed by atoms with Crippen LogP contribution < -0.4 is 10.6 Å². The Morgan fingerprint density at radius 3 is 2.38 bits per heavy atom. The molecule has 0 saturated carbocycles. The predicted octanol–water partition coefficient (Wildman–Crippen LogP) is 3.26. The van der Waals surface area contributed by atoms with Crippen LogP contribution in [0.15, 0.2) is 18.2 Å². The minimum absolute atomic E-state index is 0.222. The highest BCUT2D eigenvalue weighted by atomic mass is 35.5. The van der Waals surface area contributed by atoms with Crippen molar-refractivity contribution in [2.75, 3.05) is 24.7 Å². The molecule has 0 aliphatic heterocycles. The number of nitrogen functional groups attached to an aromatic ring is 1. The lowest BCUT2D eigenvalue weighted by Crippen LogP contribution is -2.15. The number of nitrogens with two attached hydrogens (primary N) is 1. The van der Waals surface area contributed by atoms with Crippen LogP contribution >= 0.6 is 35.0 Å². The summed E-state index contributed by atoms with van der Waals surface area (Å²) in [4.78, 5) is 14.3. The van der Waals surface area contributed by atoms with Gasteiger partial charge in [0.15, 0.2) is 0 Å². The molecule has 0 bridgehead atoms. The number of halogens is 2. The lowest BCUT2D eigenvalue weighted by atomic mass is 10.2. The number of aromatic nitrogens is 3. The monoisotopic (exact) mass is 343 g/mol. The fraction of sp³-hybridized carbons (Fsp3) is 0.308. The third-order valence-corrected chi connectivity index (χ3v) is 4.29. The summed E-state index contributed by atoms with van der Waals surface area (Å²) in [5, 5.41) is 1.33. The average Bonchev–Trinajstić information content (AvgIpc) is 2.41. The molecule has 5 nitrogen and oxygen atoms in total. The number of hydrogen-bond donors (Lipinski definition) is 1. The second-order valence-electron chi connectivity index (χ2n) is 4.50. The van der Waals surface area contributed by atoms with Crippen molar-refractivity contribution in [1.29, 1.82) is 0 Å². The van der Waals surface area contributed by atoms with Gasteiger partial charge in [0.25, 0.3) is 0 Å². The highest BCUT2D eigenvalue weighted by Crippen LogP contribution is 2.29. The molecular formula is C13H15Cl2N5S. The zero-order chi connectivity index (χ0) is 15.4. The Kier molecular flexibility index (Phi) is 5.50. The molecule has 0 fully saturated rings. The SMILES string of the molecule is CN(C)c1nc(N)nc(CSCc2c(Cl)cccc2Cl)n1. The Hall–Kier alpha value is -1.24. The zero-order valence-electron chi connectivity index (χ0n) is 11.7. The molecule has 21 heavy (non-hydrogen) atoms. The summed E-state index contributed by atoms with van der Waals surface area (Å²) in [6.45, 7) is 0.